The molecule has 0 saturated carbocycles. The standard InChI is InChI=1S/C19H22F3N3/c1-14(2)17-4-3-16(13-18(17)19(20,21)22)25-11-9-24(10-12-25)15-5-7-23-8-6-15/h3-8,13-14H,9-12H2,1-2H3. The smallest absolute Gasteiger partial charge is 0.368 e. The summed E-state index contributed by atoms with van der Waals surface area (Å²) in [6, 6.07) is 8.64. The number of rotatable bonds is 3. The Morgan fingerprint density at radius 3 is 1.96 bits per heavy atom. The molecule has 25 heavy (non-hydrogen) atoms. The Morgan fingerprint density at radius 1 is 0.880 bits per heavy atom. The van der Waals surface area contributed by atoms with Crippen LogP contribution >= 0.6 is 0 Å². The fourth-order valence-electron chi connectivity index (χ4n) is 3.27. The number of halogens is 3. The highest BCUT2D eigenvalue weighted by atomic mass is 19.4. The van der Waals surface area contributed by atoms with Gasteiger partial charge in [-0.3, -0.25) is 4.98 Å². The van der Waals surface area contributed by atoms with Crippen LogP contribution in [0.4, 0.5) is 24.5 Å². The third-order valence-corrected chi connectivity index (χ3v) is 4.64. The zero-order valence-corrected chi connectivity index (χ0v) is 14.4. The first-order chi connectivity index (χ1) is 11.9. The lowest BCUT2D eigenvalue weighted by Crippen LogP contribution is -2.46. The summed E-state index contributed by atoms with van der Waals surface area (Å²) in [5, 5.41) is 0. The lowest BCUT2D eigenvalue weighted by atomic mass is 9.96. The van der Waals surface area contributed by atoms with Crippen LogP contribution in [0.5, 0.6) is 0 Å². The van der Waals surface area contributed by atoms with Crippen LogP contribution in [0.25, 0.3) is 0 Å². The molecule has 134 valence electrons. The molecule has 2 aromatic rings. The Balaban J connectivity index is 1.77. The van der Waals surface area contributed by atoms with Gasteiger partial charge in [-0.1, -0.05) is 19.9 Å². The van der Waals surface area contributed by atoms with E-state index in [4.69, 9.17) is 0 Å². The van der Waals surface area contributed by atoms with Gasteiger partial charge in [-0.05, 0) is 35.7 Å². The van der Waals surface area contributed by atoms with Crippen molar-refractivity contribution in [3.05, 3.63) is 53.9 Å². The number of pyridine rings is 1. The summed E-state index contributed by atoms with van der Waals surface area (Å²) >= 11 is 0. The van der Waals surface area contributed by atoms with E-state index in [1.165, 1.54) is 6.07 Å². The van der Waals surface area contributed by atoms with Crippen LogP contribution < -0.4 is 9.80 Å². The number of benzene rings is 1. The van der Waals surface area contributed by atoms with E-state index in [0.29, 0.717) is 24.3 Å². The van der Waals surface area contributed by atoms with Crippen molar-refractivity contribution in [3.63, 3.8) is 0 Å². The third-order valence-electron chi connectivity index (χ3n) is 4.64. The van der Waals surface area contributed by atoms with Crippen LogP contribution in [0, 0.1) is 0 Å². The summed E-state index contributed by atoms with van der Waals surface area (Å²) in [5.41, 5.74) is 1.58. The zero-order valence-electron chi connectivity index (χ0n) is 14.4. The quantitative estimate of drug-likeness (QED) is 0.810. The topological polar surface area (TPSA) is 19.4 Å². The SMILES string of the molecule is CC(C)c1ccc(N2CCN(c3ccncc3)CC2)cc1C(F)(F)F. The van der Waals surface area contributed by atoms with Gasteiger partial charge in [0.1, 0.15) is 0 Å². The fourth-order valence-corrected chi connectivity index (χ4v) is 3.27. The Labute approximate surface area is 146 Å². The Morgan fingerprint density at radius 2 is 1.44 bits per heavy atom. The first-order valence-corrected chi connectivity index (χ1v) is 8.47. The van der Waals surface area contributed by atoms with Crippen molar-refractivity contribution in [2.75, 3.05) is 36.0 Å². The highest BCUT2D eigenvalue weighted by molar-refractivity contribution is 5.55. The first kappa shape index (κ1) is 17.6. The predicted molar refractivity (Wildman–Crippen MR) is 94.2 cm³/mol. The second-order valence-corrected chi connectivity index (χ2v) is 6.60. The van der Waals surface area contributed by atoms with E-state index in [2.05, 4.69) is 9.88 Å². The third kappa shape index (κ3) is 3.89. The van der Waals surface area contributed by atoms with Crippen LogP contribution in [0.1, 0.15) is 30.9 Å². The van der Waals surface area contributed by atoms with Gasteiger partial charge in [-0.2, -0.15) is 13.2 Å². The van der Waals surface area contributed by atoms with Crippen LogP contribution in [0.15, 0.2) is 42.7 Å². The van der Waals surface area contributed by atoms with E-state index in [1.54, 1.807) is 32.3 Å². The summed E-state index contributed by atoms with van der Waals surface area (Å²) < 4.78 is 40.2. The van der Waals surface area contributed by atoms with Gasteiger partial charge >= 0.3 is 6.18 Å². The second-order valence-electron chi connectivity index (χ2n) is 6.60. The Hall–Kier alpha value is -2.24. The maximum atomic E-state index is 13.4. The average Bonchev–Trinajstić information content (AvgIpc) is 2.61. The minimum Gasteiger partial charge on any atom is -0.368 e. The second kappa shape index (κ2) is 6.94. The monoisotopic (exact) mass is 349 g/mol. The molecule has 0 atom stereocenters. The van der Waals surface area contributed by atoms with Gasteiger partial charge in [0.2, 0.25) is 0 Å². The number of piperazine rings is 1. The molecule has 0 aliphatic carbocycles. The van der Waals surface area contributed by atoms with Gasteiger partial charge in [0, 0.05) is 49.9 Å². The van der Waals surface area contributed by atoms with Gasteiger partial charge in [-0.15, -0.1) is 0 Å². The molecule has 0 N–H and O–H groups in total. The van der Waals surface area contributed by atoms with Crippen molar-refractivity contribution in [2.45, 2.75) is 25.9 Å². The van der Waals surface area contributed by atoms with E-state index < -0.39 is 11.7 Å². The lowest BCUT2D eigenvalue weighted by Gasteiger charge is -2.37. The normalized spacial score (nSPS) is 15.8. The van der Waals surface area contributed by atoms with Gasteiger partial charge < -0.3 is 9.80 Å². The zero-order chi connectivity index (χ0) is 18.0. The highest BCUT2D eigenvalue weighted by Gasteiger charge is 2.34. The van der Waals surface area contributed by atoms with E-state index in [9.17, 15) is 13.2 Å². The van der Waals surface area contributed by atoms with Gasteiger partial charge in [0.05, 0.1) is 5.56 Å². The minimum absolute atomic E-state index is 0.158. The van der Waals surface area contributed by atoms with Gasteiger partial charge in [0.15, 0.2) is 0 Å². The molecule has 1 aliphatic heterocycles. The molecule has 2 heterocycles. The van der Waals surface area contributed by atoms with E-state index >= 15 is 0 Å². The molecule has 3 nitrogen and oxygen atoms in total. The maximum absolute atomic E-state index is 13.4. The largest absolute Gasteiger partial charge is 0.416 e. The molecule has 1 fully saturated rings. The summed E-state index contributed by atoms with van der Waals surface area (Å²) in [7, 11) is 0. The molecular weight excluding hydrogens is 327 g/mol. The summed E-state index contributed by atoms with van der Waals surface area (Å²) in [6.45, 7) is 6.52. The number of nitrogens with zero attached hydrogens (tertiary/aromatic N) is 3. The van der Waals surface area contributed by atoms with Crippen molar-refractivity contribution < 1.29 is 13.2 Å². The number of hydrogen-bond donors (Lipinski definition) is 0. The van der Waals surface area contributed by atoms with Crippen molar-refractivity contribution in [2.24, 2.45) is 0 Å². The molecule has 1 aromatic carbocycles. The highest BCUT2D eigenvalue weighted by Crippen LogP contribution is 2.37. The van der Waals surface area contributed by atoms with E-state index in [0.717, 1.165) is 18.8 Å². The summed E-state index contributed by atoms with van der Waals surface area (Å²) in [5.74, 6) is -0.158. The van der Waals surface area contributed by atoms with Crippen LogP contribution in [0.2, 0.25) is 0 Å². The minimum atomic E-state index is -4.32. The predicted octanol–water partition coefficient (Wildman–Crippen LogP) is 4.55. The van der Waals surface area contributed by atoms with E-state index in [1.807, 2.05) is 23.1 Å². The molecule has 6 heteroatoms. The molecule has 0 radical (unpaired) electrons. The number of aromatic nitrogens is 1. The Kier molecular flexibility index (Phi) is 4.88. The molecule has 0 unspecified atom stereocenters. The molecule has 3 rings (SSSR count). The first-order valence-electron chi connectivity index (χ1n) is 8.47. The summed E-state index contributed by atoms with van der Waals surface area (Å²) in [4.78, 5) is 8.27. The molecule has 0 spiro atoms. The van der Waals surface area contributed by atoms with Gasteiger partial charge in [-0.25, -0.2) is 0 Å². The number of alkyl halides is 3. The van der Waals surface area contributed by atoms with Crippen LogP contribution in [-0.2, 0) is 6.18 Å². The molecule has 0 amide bonds. The van der Waals surface area contributed by atoms with Crippen molar-refractivity contribution >= 4 is 11.4 Å². The van der Waals surface area contributed by atoms with E-state index in [-0.39, 0.29) is 5.92 Å². The molecule has 1 saturated heterocycles. The van der Waals surface area contributed by atoms with Crippen LogP contribution in [-0.4, -0.2) is 31.2 Å². The van der Waals surface area contributed by atoms with Gasteiger partial charge in [0.25, 0.3) is 0 Å². The fraction of sp³-hybridized carbons (Fsp3) is 0.421. The average molecular weight is 349 g/mol. The van der Waals surface area contributed by atoms with Crippen LogP contribution in [0.3, 0.4) is 0 Å². The molecular formula is C19H22F3N3. The maximum Gasteiger partial charge on any atom is 0.416 e. The molecule has 0 bridgehead atoms. The lowest BCUT2D eigenvalue weighted by molar-refractivity contribution is -0.138. The number of hydrogen-bond acceptors (Lipinski definition) is 3. The molecule has 1 aliphatic rings. The Bertz CT molecular complexity index is 706. The van der Waals surface area contributed by atoms with Crippen molar-refractivity contribution in [1.29, 1.82) is 0 Å². The number of anilines is 2. The van der Waals surface area contributed by atoms with Crippen molar-refractivity contribution in [1.82, 2.24) is 4.98 Å². The molecule has 1 aromatic heterocycles. The van der Waals surface area contributed by atoms with Crippen molar-refractivity contribution in [3.8, 4) is 0 Å². The summed E-state index contributed by atoms with van der Waals surface area (Å²) in [6.07, 6.45) is -0.821.